The average Bonchev–Trinajstić information content (AvgIpc) is 2.33. The summed E-state index contributed by atoms with van der Waals surface area (Å²) in [6.07, 6.45) is 5.90. The Bertz CT molecular complexity index is 199. The first-order valence-corrected chi connectivity index (χ1v) is 7.27. The van der Waals surface area contributed by atoms with Gasteiger partial charge in [0.2, 0.25) is 0 Å². The Morgan fingerprint density at radius 3 is 2.71 bits per heavy atom. The van der Waals surface area contributed by atoms with Gasteiger partial charge in [-0.05, 0) is 19.3 Å². The topological polar surface area (TPSA) is 38.5 Å². The fourth-order valence-corrected chi connectivity index (χ4v) is 2.70. The second-order valence-electron chi connectivity index (χ2n) is 5.44. The van der Waals surface area contributed by atoms with E-state index in [-0.39, 0.29) is 6.10 Å². The molecule has 0 aromatic carbocycles. The van der Waals surface area contributed by atoms with E-state index in [0.717, 1.165) is 19.0 Å². The van der Waals surface area contributed by atoms with Crippen molar-refractivity contribution in [3.63, 3.8) is 0 Å². The molecule has 1 saturated heterocycles. The quantitative estimate of drug-likeness (QED) is 0.744. The molecule has 0 aliphatic carbocycles. The molecule has 1 aliphatic rings. The molecular weight excluding hydrogens is 212 g/mol. The molecule has 0 spiro atoms. The zero-order chi connectivity index (χ0) is 12.7. The highest BCUT2D eigenvalue weighted by atomic mass is 16.5. The van der Waals surface area contributed by atoms with Crippen molar-refractivity contribution in [2.24, 2.45) is 11.7 Å². The third kappa shape index (κ3) is 5.36. The zero-order valence-electron chi connectivity index (χ0n) is 11.8. The van der Waals surface area contributed by atoms with Crippen LogP contribution in [-0.2, 0) is 4.74 Å². The summed E-state index contributed by atoms with van der Waals surface area (Å²) in [5.41, 5.74) is 5.72. The summed E-state index contributed by atoms with van der Waals surface area (Å²) in [5.74, 6) is 0.846. The van der Waals surface area contributed by atoms with Gasteiger partial charge in [0.25, 0.3) is 0 Å². The highest BCUT2D eigenvalue weighted by Gasteiger charge is 2.25. The van der Waals surface area contributed by atoms with Gasteiger partial charge >= 0.3 is 0 Å². The molecule has 3 heteroatoms. The van der Waals surface area contributed by atoms with Crippen molar-refractivity contribution in [2.45, 2.75) is 58.7 Å². The van der Waals surface area contributed by atoms with Gasteiger partial charge in [-0.3, -0.25) is 4.90 Å². The van der Waals surface area contributed by atoms with Gasteiger partial charge in [0.1, 0.15) is 0 Å². The normalized spacial score (nSPS) is 28.2. The summed E-state index contributed by atoms with van der Waals surface area (Å²) in [7, 11) is 0. The van der Waals surface area contributed by atoms with E-state index in [4.69, 9.17) is 10.5 Å². The summed E-state index contributed by atoms with van der Waals surface area (Å²) in [6, 6.07) is 0. The maximum Gasteiger partial charge on any atom is 0.0828 e. The number of hydrogen-bond acceptors (Lipinski definition) is 3. The Morgan fingerprint density at radius 2 is 2.12 bits per heavy atom. The SMILES string of the molecule is CCCCC(CC)CN1CC(C)OC(CN)C1. The minimum absolute atomic E-state index is 0.238. The van der Waals surface area contributed by atoms with Crippen molar-refractivity contribution >= 4 is 0 Å². The van der Waals surface area contributed by atoms with Crippen molar-refractivity contribution in [1.82, 2.24) is 4.90 Å². The Kier molecular flexibility index (Phi) is 7.09. The summed E-state index contributed by atoms with van der Waals surface area (Å²) in [6.45, 7) is 10.7. The maximum absolute atomic E-state index is 5.80. The Hall–Kier alpha value is -0.120. The van der Waals surface area contributed by atoms with Crippen LogP contribution in [0.15, 0.2) is 0 Å². The van der Waals surface area contributed by atoms with Crippen molar-refractivity contribution in [3.8, 4) is 0 Å². The van der Waals surface area contributed by atoms with Crippen LogP contribution in [0.5, 0.6) is 0 Å². The number of rotatable bonds is 7. The lowest BCUT2D eigenvalue weighted by Gasteiger charge is -2.38. The highest BCUT2D eigenvalue weighted by molar-refractivity contribution is 4.78. The van der Waals surface area contributed by atoms with Gasteiger partial charge in [-0.15, -0.1) is 0 Å². The Balaban J connectivity index is 2.37. The molecule has 1 aliphatic heterocycles. The Labute approximate surface area is 107 Å². The summed E-state index contributed by atoms with van der Waals surface area (Å²) in [4.78, 5) is 2.55. The fourth-order valence-electron chi connectivity index (χ4n) is 2.70. The first-order chi connectivity index (χ1) is 8.19. The molecule has 1 fully saturated rings. The zero-order valence-corrected chi connectivity index (χ0v) is 11.8. The van der Waals surface area contributed by atoms with E-state index in [1.165, 1.54) is 32.2 Å². The minimum Gasteiger partial charge on any atom is -0.371 e. The Morgan fingerprint density at radius 1 is 1.35 bits per heavy atom. The van der Waals surface area contributed by atoms with E-state index >= 15 is 0 Å². The largest absolute Gasteiger partial charge is 0.371 e. The predicted octanol–water partition coefficient (Wildman–Crippen LogP) is 2.25. The monoisotopic (exact) mass is 242 g/mol. The molecule has 3 nitrogen and oxygen atoms in total. The van der Waals surface area contributed by atoms with Gasteiger partial charge in [0, 0.05) is 26.2 Å². The van der Waals surface area contributed by atoms with Gasteiger partial charge in [-0.1, -0.05) is 33.1 Å². The standard InChI is InChI=1S/C14H30N2O/c1-4-6-7-13(5-2)10-16-9-12(3)17-14(8-15)11-16/h12-14H,4-11,15H2,1-3H3. The van der Waals surface area contributed by atoms with Crippen molar-refractivity contribution in [2.75, 3.05) is 26.2 Å². The summed E-state index contributed by atoms with van der Waals surface area (Å²) >= 11 is 0. The molecule has 0 bridgehead atoms. The molecule has 17 heavy (non-hydrogen) atoms. The van der Waals surface area contributed by atoms with E-state index in [0.29, 0.717) is 12.6 Å². The third-order valence-electron chi connectivity index (χ3n) is 3.72. The smallest absolute Gasteiger partial charge is 0.0828 e. The fraction of sp³-hybridized carbons (Fsp3) is 1.00. The van der Waals surface area contributed by atoms with Crippen LogP contribution in [0.25, 0.3) is 0 Å². The highest BCUT2D eigenvalue weighted by Crippen LogP contribution is 2.17. The van der Waals surface area contributed by atoms with E-state index in [9.17, 15) is 0 Å². The molecule has 1 heterocycles. The molecule has 0 aromatic heterocycles. The van der Waals surface area contributed by atoms with Gasteiger partial charge in [-0.2, -0.15) is 0 Å². The number of ether oxygens (including phenoxy) is 1. The first kappa shape index (κ1) is 14.9. The predicted molar refractivity (Wildman–Crippen MR) is 73.1 cm³/mol. The molecule has 0 radical (unpaired) electrons. The molecule has 1 rings (SSSR count). The van der Waals surface area contributed by atoms with Gasteiger partial charge in [-0.25, -0.2) is 0 Å². The summed E-state index contributed by atoms with van der Waals surface area (Å²) in [5, 5.41) is 0. The van der Waals surface area contributed by atoms with Crippen LogP contribution < -0.4 is 5.73 Å². The molecule has 0 saturated carbocycles. The molecule has 102 valence electrons. The van der Waals surface area contributed by atoms with Crippen molar-refractivity contribution in [1.29, 1.82) is 0 Å². The third-order valence-corrected chi connectivity index (χ3v) is 3.72. The van der Waals surface area contributed by atoms with E-state index in [1.54, 1.807) is 0 Å². The van der Waals surface area contributed by atoms with Gasteiger partial charge in [0.05, 0.1) is 12.2 Å². The van der Waals surface area contributed by atoms with Crippen LogP contribution in [0.2, 0.25) is 0 Å². The number of hydrogen-bond donors (Lipinski definition) is 1. The molecule has 3 unspecified atom stereocenters. The van der Waals surface area contributed by atoms with E-state index < -0.39 is 0 Å². The average molecular weight is 242 g/mol. The number of nitrogens with two attached hydrogens (primary N) is 1. The second kappa shape index (κ2) is 8.06. The molecule has 3 atom stereocenters. The van der Waals surface area contributed by atoms with Crippen LogP contribution in [0, 0.1) is 5.92 Å². The maximum atomic E-state index is 5.80. The molecular formula is C14H30N2O. The van der Waals surface area contributed by atoms with E-state index in [2.05, 4.69) is 25.7 Å². The number of morpholine rings is 1. The van der Waals surface area contributed by atoms with Gasteiger partial charge < -0.3 is 10.5 Å². The van der Waals surface area contributed by atoms with Crippen LogP contribution >= 0.6 is 0 Å². The van der Waals surface area contributed by atoms with E-state index in [1.807, 2.05) is 0 Å². The minimum atomic E-state index is 0.238. The van der Waals surface area contributed by atoms with Crippen molar-refractivity contribution in [3.05, 3.63) is 0 Å². The van der Waals surface area contributed by atoms with Crippen LogP contribution in [0.3, 0.4) is 0 Å². The van der Waals surface area contributed by atoms with Crippen LogP contribution in [0.4, 0.5) is 0 Å². The lowest BCUT2D eigenvalue weighted by atomic mass is 9.98. The second-order valence-corrected chi connectivity index (χ2v) is 5.44. The van der Waals surface area contributed by atoms with Crippen LogP contribution in [0.1, 0.15) is 46.5 Å². The van der Waals surface area contributed by atoms with Crippen molar-refractivity contribution < 1.29 is 4.74 Å². The lowest BCUT2D eigenvalue weighted by molar-refractivity contribution is -0.0757. The first-order valence-electron chi connectivity index (χ1n) is 7.27. The number of unbranched alkanes of at least 4 members (excludes halogenated alkanes) is 1. The summed E-state index contributed by atoms with van der Waals surface area (Å²) < 4.78 is 5.80. The molecule has 0 aromatic rings. The molecule has 2 N–H and O–H groups in total. The molecule has 0 amide bonds. The lowest BCUT2D eigenvalue weighted by Crippen LogP contribution is -2.50. The van der Waals surface area contributed by atoms with Crippen LogP contribution in [-0.4, -0.2) is 43.3 Å². The van der Waals surface area contributed by atoms with Gasteiger partial charge in [0.15, 0.2) is 0 Å². The number of nitrogens with zero attached hydrogens (tertiary/aromatic N) is 1.